The van der Waals surface area contributed by atoms with E-state index in [9.17, 15) is 9.59 Å². The zero-order valence-corrected chi connectivity index (χ0v) is 16.4. The monoisotopic (exact) mass is 416 g/mol. The molecule has 3 heterocycles. The molecule has 0 saturated carbocycles. The molecule has 4 aromatic rings. The van der Waals surface area contributed by atoms with Crippen molar-refractivity contribution in [1.29, 1.82) is 0 Å². The predicted molar refractivity (Wildman–Crippen MR) is 108 cm³/mol. The number of thiazole rings is 1. The normalized spacial score (nSPS) is 10.9. The number of rotatable bonds is 3. The van der Waals surface area contributed by atoms with Gasteiger partial charge < -0.3 is 4.98 Å². The second-order valence-corrected chi connectivity index (χ2v) is 8.41. The molecule has 27 heavy (non-hydrogen) atoms. The average Bonchev–Trinajstić information content (AvgIpc) is 3.37. The number of halogens is 1. The highest BCUT2D eigenvalue weighted by atomic mass is 35.5. The molecule has 0 radical (unpaired) electrons. The number of aromatic amines is 1. The first-order chi connectivity index (χ1) is 13.0. The van der Waals surface area contributed by atoms with E-state index in [-0.39, 0.29) is 0 Å². The number of fused-ring (bicyclic) bond motifs is 1. The maximum atomic E-state index is 12.5. The first-order valence-electron chi connectivity index (χ1n) is 7.93. The zero-order chi connectivity index (χ0) is 19.0. The van der Waals surface area contributed by atoms with Crippen molar-refractivity contribution >= 4 is 57.0 Å². The van der Waals surface area contributed by atoms with Crippen LogP contribution in [0.2, 0.25) is 4.34 Å². The van der Waals surface area contributed by atoms with Crippen LogP contribution in [0.4, 0.5) is 0 Å². The van der Waals surface area contributed by atoms with Crippen molar-refractivity contribution < 1.29 is 9.59 Å². The van der Waals surface area contributed by atoms with E-state index in [0.29, 0.717) is 20.5 Å². The van der Waals surface area contributed by atoms with E-state index in [1.165, 1.54) is 22.7 Å². The molecule has 6 nitrogen and oxygen atoms in total. The molecule has 0 spiro atoms. The minimum absolute atomic E-state index is 0.395. The molecule has 0 atom stereocenters. The largest absolute Gasteiger partial charge is 0.360 e. The summed E-state index contributed by atoms with van der Waals surface area (Å²) in [6.07, 6.45) is 1.61. The van der Waals surface area contributed by atoms with Gasteiger partial charge in [0.25, 0.3) is 11.8 Å². The molecule has 3 N–H and O–H groups in total. The summed E-state index contributed by atoms with van der Waals surface area (Å²) in [6, 6.07) is 11.1. The molecule has 9 heteroatoms. The van der Waals surface area contributed by atoms with Gasteiger partial charge in [0.1, 0.15) is 9.88 Å². The van der Waals surface area contributed by atoms with Gasteiger partial charge in [-0.15, -0.1) is 22.7 Å². The van der Waals surface area contributed by atoms with Crippen LogP contribution in [-0.4, -0.2) is 21.8 Å². The van der Waals surface area contributed by atoms with Crippen LogP contribution < -0.4 is 10.9 Å². The van der Waals surface area contributed by atoms with E-state index < -0.39 is 11.8 Å². The first-order valence-corrected chi connectivity index (χ1v) is 9.94. The van der Waals surface area contributed by atoms with Gasteiger partial charge in [-0.05, 0) is 25.1 Å². The number of thiophene rings is 1. The number of hydrogen-bond donors (Lipinski definition) is 3. The van der Waals surface area contributed by atoms with Crippen LogP contribution >= 0.6 is 34.3 Å². The molecule has 0 bridgehead atoms. The van der Waals surface area contributed by atoms with Crippen LogP contribution in [0.3, 0.4) is 0 Å². The van der Waals surface area contributed by atoms with Crippen LogP contribution in [-0.2, 0) is 0 Å². The highest BCUT2D eigenvalue weighted by Gasteiger charge is 2.18. The number of nitrogens with zero attached hydrogens (tertiary/aromatic N) is 1. The Morgan fingerprint density at radius 2 is 1.85 bits per heavy atom. The number of carbonyl (C=O) groups is 2. The molecule has 0 saturated heterocycles. The summed E-state index contributed by atoms with van der Waals surface area (Å²) >= 11 is 8.62. The first kappa shape index (κ1) is 17.7. The number of hydrogen-bond acceptors (Lipinski definition) is 5. The quantitative estimate of drug-likeness (QED) is 0.433. The number of carbonyl (C=O) groups excluding carboxylic acids is 2. The number of aromatic nitrogens is 2. The molecule has 0 aliphatic carbocycles. The predicted octanol–water partition coefficient (Wildman–Crippen LogP) is 4.39. The third kappa shape index (κ3) is 3.46. The minimum atomic E-state index is -0.410. The molecular formula is C18H13ClN4O2S2. The Bertz CT molecular complexity index is 1160. The third-order valence-electron chi connectivity index (χ3n) is 3.91. The summed E-state index contributed by atoms with van der Waals surface area (Å²) in [5.41, 5.74) is 6.82. The summed E-state index contributed by atoms with van der Waals surface area (Å²) in [5, 5.41) is 1.51. The summed E-state index contributed by atoms with van der Waals surface area (Å²) in [5.74, 6) is -0.805. The number of benzene rings is 1. The highest BCUT2D eigenvalue weighted by Crippen LogP contribution is 2.34. The van der Waals surface area contributed by atoms with Gasteiger partial charge in [-0.2, -0.15) is 0 Å². The zero-order valence-electron chi connectivity index (χ0n) is 14.0. The summed E-state index contributed by atoms with van der Waals surface area (Å²) in [7, 11) is 0. The van der Waals surface area contributed by atoms with E-state index in [0.717, 1.165) is 20.8 Å². The molecule has 136 valence electrons. The van der Waals surface area contributed by atoms with Crippen molar-refractivity contribution in [2.45, 2.75) is 6.92 Å². The topological polar surface area (TPSA) is 86.9 Å². The van der Waals surface area contributed by atoms with Gasteiger partial charge in [-0.3, -0.25) is 20.4 Å². The van der Waals surface area contributed by atoms with Crippen LogP contribution in [0.5, 0.6) is 0 Å². The molecule has 1 aromatic carbocycles. The SMILES string of the molecule is Cc1nc(-c2ccc(Cl)s2)sc1C(=O)NNC(=O)c1c[nH]c2ccccc12. The number of hydrazine groups is 1. The Balaban J connectivity index is 1.48. The second kappa shape index (κ2) is 7.15. The standard InChI is InChI=1S/C18H13ClN4O2S2/c1-9-15(27-18(21-9)13-6-7-14(19)26-13)17(25)23-22-16(24)11-8-20-12-5-3-2-4-10(11)12/h2-8,20H,1H3,(H,22,24)(H,23,25). The van der Waals surface area contributed by atoms with Crippen molar-refractivity contribution in [3.8, 4) is 9.88 Å². The smallest absolute Gasteiger partial charge is 0.281 e. The fraction of sp³-hybridized carbons (Fsp3) is 0.0556. The van der Waals surface area contributed by atoms with Crippen LogP contribution in [0, 0.1) is 6.92 Å². The molecule has 0 fully saturated rings. The summed E-state index contributed by atoms with van der Waals surface area (Å²) in [4.78, 5) is 33.7. The van der Waals surface area contributed by atoms with E-state index in [4.69, 9.17) is 11.6 Å². The lowest BCUT2D eigenvalue weighted by atomic mass is 10.2. The van der Waals surface area contributed by atoms with Crippen molar-refractivity contribution in [2.24, 2.45) is 0 Å². The Morgan fingerprint density at radius 1 is 1.07 bits per heavy atom. The fourth-order valence-electron chi connectivity index (χ4n) is 2.64. The lowest BCUT2D eigenvalue weighted by Gasteiger charge is -2.05. The van der Waals surface area contributed by atoms with Gasteiger partial charge >= 0.3 is 0 Å². The lowest BCUT2D eigenvalue weighted by molar-refractivity contribution is 0.0849. The van der Waals surface area contributed by atoms with Gasteiger partial charge in [0.05, 0.1) is 20.5 Å². The molecule has 0 unspecified atom stereocenters. The maximum absolute atomic E-state index is 12.5. The van der Waals surface area contributed by atoms with Crippen molar-refractivity contribution in [2.75, 3.05) is 0 Å². The van der Waals surface area contributed by atoms with Gasteiger partial charge in [-0.25, -0.2) is 4.98 Å². The Hall–Kier alpha value is -2.68. The van der Waals surface area contributed by atoms with Crippen LogP contribution in [0.1, 0.15) is 25.7 Å². The summed E-state index contributed by atoms with van der Waals surface area (Å²) < 4.78 is 0.662. The van der Waals surface area contributed by atoms with Crippen LogP contribution in [0.15, 0.2) is 42.6 Å². The Morgan fingerprint density at radius 3 is 2.63 bits per heavy atom. The third-order valence-corrected chi connectivity index (χ3v) is 6.47. The van der Waals surface area contributed by atoms with E-state index >= 15 is 0 Å². The Kier molecular flexibility index (Phi) is 4.69. The van der Waals surface area contributed by atoms with Gasteiger partial charge in [0, 0.05) is 17.1 Å². The number of amides is 2. The molecule has 3 aromatic heterocycles. The fourth-order valence-corrected chi connectivity index (χ4v) is 4.70. The van der Waals surface area contributed by atoms with Gasteiger partial charge in [0.2, 0.25) is 0 Å². The number of para-hydroxylation sites is 1. The van der Waals surface area contributed by atoms with E-state index in [2.05, 4.69) is 20.8 Å². The summed E-state index contributed by atoms with van der Waals surface area (Å²) in [6.45, 7) is 1.76. The molecule has 0 aliphatic heterocycles. The van der Waals surface area contributed by atoms with Gasteiger partial charge in [0.15, 0.2) is 0 Å². The Labute approximate surface area is 167 Å². The van der Waals surface area contributed by atoms with Gasteiger partial charge in [-0.1, -0.05) is 29.8 Å². The molecule has 0 aliphatic rings. The number of aryl methyl sites for hydroxylation is 1. The highest BCUT2D eigenvalue weighted by molar-refractivity contribution is 7.24. The molecular weight excluding hydrogens is 404 g/mol. The van der Waals surface area contributed by atoms with Crippen molar-refractivity contribution in [3.63, 3.8) is 0 Å². The second-order valence-electron chi connectivity index (χ2n) is 5.69. The minimum Gasteiger partial charge on any atom is -0.360 e. The van der Waals surface area contributed by atoms with Crippen molar-refractivity contribution in [1.82, 2.24) is 20.8 Å². The average molecular weight is 417 g/mol. The number of nitrogens with one attached hydrogen (secondary N) is 3. The molecule has 4 rings (SSSR count). The maximum Gasteiger partial charge on any atom is 0.281 e. The lowest BCUT2D eigenvalue weighted by Crippen LogP contribution is -2.41. The molecule has 2 amide bonds. The van der Waals surface area contributed by atoms with E-state index in [1.807, 2.05) is 30.3 Å². The number of H-pyrrole nitrogens is 1. The van der Waals surface area contributed by atoms with Crippen LogP contribution in [0.25, 0.3) is 20.8 Å². The van der Waals surface area contributed by atoms with Crippen molar-refractivity contribution in [3.05, 3.63) is 63.1 Å². The van der Waals surface area contributed by atoms with E-state index in [1.54, 1.807) is 19.2 Å².